The van der Waals surface area contributed by atoms with Gasteiger partial charge in [0.15, 0.2) is 23.1 Å². The van der Waals surface area contributed by atoms with Crippen molar-refractivity contribution in [1.82, 2.24) is 9.58 Å². The third kappa shape index (κ3) is 4.42. The molecule has 1 aromatic heterocycles. The lowest BCUT2D eigenvalue weighted by molar-refractivity contribution is -0.0199. The lowest BCUT2D eigenvalue weighted by atomic mass is 9.93. The lowest BCUT2D eigenvalue weighted by Crippen LogP contribution is -2.66. The number of amides is 1. The van der Waals surface area contributed by atoms with Crippen molar-refractivity contribution in [3.63, 3.8) is 0 Å². The number of pyridine rings is 1. The standard InChI is InChI=1S/C31H24BrF2N3O4S/c32-22-14-36-28(30(29(22)38)41-15-18-6-2-1-3-7-18)31(39)35-12-13-40-16-25(35)37(36)27-19-10-11-23(33)26(34)21(19)17-42-24-9-5-4-8-20(24)27/h1-11,14,25,27H,12-13,15-17H2. The lowest BCUT2D eigenvalue weighted by Gasteiger charge is -2.51. The minimum atomic E-state index is -0.918. The van der Waals surface area contributed by atoms with Gasteiger partial charge in [0.25, 0.3) is 5.91 Å². The third-order valence-electron chi connectivity index (χ3n) is 7.83. The summed E-state index contributed by atoms with van der Waals surface area (Å²) in [5.74, 6) is -2.03. The molecule has 7 rings (SSSR count). The van der Waals surface area contributed by atoms with E-state index in [9.17, 15) is 14.0 Å². The number of fused-ring (bicyclic) bond motifs is 4. The number of morpholine rings is 1. The summed E-state index contributed by atoms with van der Waals surface area (Å²) in [6, 6.07) is 19.2. The maximum Gasteiger partial charge on any atom is 0.278 e. The molecule has 0 bridgehead atoms. The summed E-state index contributed by atoms with van der Waals surface area (Å²) in [6.07, 6.45) is 0.953. The van der Waals surface area contributed by atoms with Gasteiger partial charge in [-0.2, -0.15) is 0 Å². The molecule has 0 spiro atoms. The van der Waals surface area contributed by atoms with E-state index in [-0.39, 0.29) is 52.9 Å². The van der Waals surface area contributed by atoms with Gasteiger partial charge in [-0.05, 0) is 44.8 Å². The number of benzene rings is 3. The summed E-state index contributed by atoms with van der Waals surface area (Å²) in [5.41, 5.74) is 2.13. The molecule has 3 aliphatic heterocycles. The Labute approximate surface area is 252 Å². The Bertz CT molecular complexity index is 1770. The number of aromatic nitrogens is 1. The van der Waals surface area contributed by atoms with Crippen LogP contribution in [0, 0.1) is 11.6 Å². The van der Waals surface area contributed by atoms with Gasteiger partial charge in [0, 0.05) is 29.0 Å². The summed E-state index contributed by atoms with van der Waals surface area (Å²) in [7, 11) is 0. The van der Waals surface area contributed by atoms with E-state index in [1.807, 2.05) is 59.6 Å². The highest BCUT2D eigenvalue weighted by atomic mass is 79.9. The van der Waals surface area contributed by atoms with Crippen molar-refractivity contribution < 1.29 is 23.0 Å². The normalized spacial score (nSPS) is 19.4. The van der Waals surface area contributed by atoms with Crippen LogP contribution in [0.25, 0.3) is 0 Å². The highest BCUT2D eigenvalue weighted by Gasteiger charge is 2.46. The van der Waals surface area contributed by atoms with Crippen molar-refractivity contribution in [2.45, 2.75) is 29.5 Å². The predicted molar refractivity (Wildman–Crippen MR) is 157 cm³/mol. The number of ether oxygens (including phenoxy) is 2. The first-order chi connectivity index (χ1) is 20.4. The molecular weight excluding hydrogens is 628 g/mol. The topological polar surface area (TPSA) is 64.0 Å². The average Bonchev–Trinajstić information content (AvgIpc) is 3.18. The fraction of sp³-hybridized carbons (Fsp3) is 0.226. The van der Waals surface area contributed by atoms with E-state index in [0.717, 1.165) is 22.1 Å². The van der Waals surface area contributed by atoms with E-state index in [0.29, 0.717) is 12.2 Å². The fourth-order valence-electron chi connectivity index (χ4n) is 5.87. The molecule has 42 heavy (non-hydrogen) atoms. The van der Waals surface area contributed by atoms with Gasteiger partial charge in [-0.1, -0.05) is 54.6 Å². The number of halogens is 3. The largest absolute Gasteiger partial charge is 0.482 e. The number of hydrogen-bond donors (Lipinski definition) is 0. The van der Waals surface area contributed by atoms with Crippen molar-refractivity contribution in [3.05, 3.63) is 127 Å². The number of hydrogen-bond acceptors (Lipinski definition) is 6. The molecule has 0 radical (unpaired) electrons. The number of rotatable bonds is 4. The summed E-state index contributed by atoms with van der Waals surface area (Å²) < 4.78 is 43.7. The molecule has 4 aromatic rings. The zero-order chi connectivity index (χ0) is 29.0. The molecule has 0 saturated carbocycles. The molecule has 1 saturated heterocycles. The van der Waals surface area contributed by atoms with Crippen molar-refractivity contribution in [1.29, 1.82) is 0 Å². The van der Waals surface area contributed by atoms with Crippen molar-refractivity contribution in [2.75, 3.05) is 24.8 Å². The summed E-state index contributed by atoms with van der Waals surface area (Å²) in [5, 5.41) is 1.93. The Hall–Kier alpha value is -3.67. The smallest absolute Gasteiger partial charge is 0.278 e. The van der Waals surface area contributed by atoms with E-state index in [4.69, 9.17) is 9.47 Å². The number of carbonyl (C=O) groups excluding carboxylic acids is 1. The van der Waals surface area contributed by atoms with Gasteiger partial charge in [-0.25, -0.2) is 8.78 Å². The maximum atomic E-state index is 15.4. The van der Waals surface area contributed by atoms with Gasteiger partial charge < -0.3 is 14.4 Å². The van der Waals surface area contributed by atoms with Crippen molar-refractivity contribution in [2.24, 2.45) is 0 Å². The minimum Gasteiger partial charge on any atom is -0.482 e. The second kappa shape index (κ2) is 10.9. The third-order valence-corrected chi connectivity index (χ3v) is 9.51. The van der Waals surface area contributed by atoms with Gasteiger partial charge in [-0.15, -0.1) is 11.8 Å². The van der Waals surface area contributed by atoms with Crippen LogP contribution in [0.15, 0.2) is 87.1 Å². The van der Waals surface area contributed by atoms with E-state index < -0.39 is 29.3 Å². The molecule has 2 unspecified atom stereocenters. The molecule has 2 atom stereocenters. The van der Waals surface area contributed by atoms with Crippen LogP contribution in [-0.4, -0.2) is 41.4 Å². The van der Waals surface area contributed by atoms with E-state index >= 15 is 4.39 Å². The molecule has 0 aliphatic carbocycles. The fourth-order valence-corrected chi connectivity index (χ4v) is 7.35. The zero-order valence-corrected chi connectivity index (χ0v) is 24.5. The Morgan fingerprint density at radius 3 is 2.62 bits per heavy atom. The molecule has 1 fully saturated rings. The average molecular weight is 653 g/mol. The van der Waals surface area contributed by atoms with Crippen LogP contribution in [0.4, 0.5) is 8.78 Å². The predicted octanol–water partition coefficient (Wildman–Crippen LogP) is 5.61. The van der Waals surface area contributed by atoms with E-state index in [2.05, 4.69) is 15.9 Å². The summed E-state index contributed by atoms with van der Waals surface area (Å²) >= 11 is 4.83. The number of carbonyl (C=O) groups is 1. The Morgan fingerprint density at radius 1 is 1.00 bits per heavy atom. The summed E-state index contributed by atoms with van der Waals surface area (Å²) in [6.45, 7) is 0.871. The van der Waals surface area contributed by atoms with Gasteiger partial charge >= 0.3 is 0 Å². The molecule has 3 aromatic carbocycles. The van der Waals surface area contributed by atoms with Crippen molar-refractivity contribution in [3.8, 4) is 5.75 Å². The number of nitrogens with zero attached hydrogens (tertiary/aromatic N) is 3. The first-order valence-electron chi connectivity index (χ1n) is 13.4. The van der Waals surface area contributed by atoms with Crippen LogP contribution in [0.1, 0.15) is 38.8 Å². The van der Waals surface area contributed by atoms with Gasteiger partial charge in [-0.3, -0.25) is 19.3 Å². The van der Waals surface area contributed by atoms with Crippen LogP contribution in [0.3, 0.4) is 0 Å². The van der Waals surface area contributed by atoms with Crippen LogP contribution in [0.5, 0.6) is 5.75 Å². The minimum absolute atomic E-state index is 0.0656. The number of thioether (sulfide) groups is 1. The highest BCUT2D eigenvalue weighted by molar-refractivity contribution is 9.10. The molecule has 214 valence electrons. The first kappa shape index (κ1) is 27.2. The van der Waals surface area contributed by atoms with Crippen LogP contribution < -0.4 is 15.2 Å². The molecule has 11 heteroatoms. The Morgan fingerprint density at radius 2 is 1.79 bits per heavy atom. The van der Waals surface area contributed by atoms with Gasteiger partial charge in [0.1, 0.15) is 12.8 Å². The van der Waals surface area contributed by atoms with Gasteiger partial charge in [0.05, 0.1) is 23.7 Å². The highest BCUT2D eigenvalue weighted by Crippen LogP contribution is 2.45. The monoisotopic (exact) mass is 651 g/mol. The SMILES string of the molecule is O=C1c2c(OCc3ccccc3)c(=O)c(Br)cn2N(C2c3ccccc3SCc3c2ccc(F)c3F)C2COCCN12. The first-order valence-corrected chi connectivity index (χ1v) is 15.2. The van der Waals surface area contributed by atoms with Gasteiger partial charge in [0.2, 0.25) is 5.43 Å². The molecular formula is C31H24BrF2N3O4S. The van der Waals surface area contributed by atoms with E-state index in [1.165, 1.54) is 11.8 Å². The maximum absolute atomic E-state index is 15.4. The zero-order valence-electron chi connectivity index (χ0n) is 22.1. The summed E-state index contributed by atoms with van der Waals surface area (Å²) in [4.78, 5) is 30.2. The second-order valence-corrected chi connectivity index (χ2v) is 12.1. The Kier molecular flexibility index (Phi) is 7.03. The molecule has 0 N–H and O–H groups in total. The van der Waals surface area contributed by atoms with Crippen LogP contribution >= 0.6 is 27.7 Å². The molecule has 4 heterocycles. The molecule has 7 nitrogen and oxygen atoms in total. The second-order valence-electron chi connectivity index (χ2n) is 10.2. The molecule has 1 amide bonds. The Balaban J connectivity index is 1.48. The van der Waals surface area contributed by atoms with E-state index in [1.54, 1.807) is 21.8 Å². The molecule has 3 aliphatic rings. The van der Waals surface area contributed by atoms with Crippen LogP contribution in [0.2, 0.25) is 0 Å². The quantitative estimate of drug-likeness (QED) is 0.286. The van der Waals surface area contributed by atoms with Crippen LogP contribution in [-0.2, 0) is 17.1 Å². The van der Waals surface area contributed by atoms with Crippen molar-refractivity contribution >= 4 is 33.6 Å².